The van der Waals surface area contributed by atoms with Gasteiger partial charge in [-0.05, 0) is 37.3 Å². The quantitative estimate of drug-likeness (QED) is 0.864. The zero-order valence-corrected chi connectivity index (χ0v) is 12.2. The monoisotopic (exact) mass is 277 g/mol. The SMILES string of the molecule is CC[C@H](NC(=O)c1ccc(NC)nc1)C1CCOCC1. The summed E-state index contributed by atoms with van der Waals surface area (Å²) >= 11 is 0. The molecule has 0 bridgehead atoms. The van der Waals surface area contributed by atoms with E-state index < -0.39 is 0 Å². The lowest BCUT2D eigenvalue weighted by Crippen LogP contribution is -2.42. The summed E-state index contributed by atoms with van der Waals surface area (Å²) in [4.78, 5) is 16.4. The van der Waals surface area contributed by atoms with E-state index in [0.29, 0.717) is 11.5 Å². The van der Waals surface area contributed by atoms with Gasteiger partial charge < -0.3 is 15.4 Å². The molecule has 1 aromatic heterocycles. The predicted octanol–water partition coefficient (Wildman–Crippen LogP) is 2.06. The fourth-order valence-electron chi connectivity index (χ4n) is 2.60. The molecule has 1 fully saturated rings. The molecule has 0 radical (unpaired) electrons. The molecule has 1 aliphatic rings. The maximum absolute atomic E-state index is 12.3. The van der Waals surface area contributed by atoms with E-state index in [1.165, 1.54) is 0 Å². The molecule has 0 saturated carbocycles. The highest BCUT2D eigenvalue weighted by Crippen LogP contribution is 2.21. The van der Waals surface area contributed by atoms with E-state index in [4.69, 9.17) is 4.74 Å². The van der Waals surface area contributed by atoms with E-state index in [-0.39, 0.29) is 11.9 Å². The molecule has 0 aliphatic carbocycles. The van der Waals surface area contributed by atoms with Gasteiger partial charge in [0.1, 0.15) is 5.82 Å². The molecule has 1 atom stereocenters. The Morgan fingerprint density at radius 1 is 1.45 bits per heavy atom. The van der Waals surface area contributed by atoms with Crippen LogP contribution in [0.15, 0.2) is 18.3 Å². The number of amides is 1. The van der Waals surface area contributed by atoms with Crippen molar-refractivity contribution in [3.05, 3.63) is 23.9 Å². The minimum absolute atomic E-state index is 0.0431. The number of hydrogen-bond acceptors (Lipinski definition) is 4. The number of carbonyl (C=O) groups is 1. The van der Waals surface area contributed by atoms with Crippen LogP contribution in [0, 0.1) is 5.92 Å². The second-order valence-electron chi connectivity index (χ2n) is 5.12. The van der Waals surface area contributed by atoms with Crippen molar-refractivity contribution in [3.8, 4) is 0 Å². The minimum Gasteiger partial charge on any atom is -0.381 e. The van der Waals surface area contributed by atoms with E-state index in [0.717, 1.165) is 38.3 Å². The van der Waals surface area contributed by atoms with Gasteiger partial charge >= 0.3 is 0 Å². The first-order valence-electron chi connectivity index (χ1n) is 7.27. The van der Waals surface area contributed by atoms with Crippen molar-refractivity contribution in [1.82, 2.24) is 10.3 Å². The Bertz CT molecular complexity index is 427. The fraction of sp³-hybridized carbons (Fsp3) is 0.600. The van der Waals surface area contributed by atoms with Gasteiger partial charge in [0.2, 0.25) is 0 Å². The number of anilines is 1. The third-order valence-corrected chi connectivity index (χ3v) is 3.87. The summed E-state index contributed by atoms with van der Waals surface area (Å²) in [6.45, 7) is 3.72. The van der Waals surface area contributed by atoms with Crippen molar-refractivity contribution >= 4 is 11.7 Å². The van der Waals surface area contributed by atoms with Crippen LogP contribution in [0.2, 0.25) is 0 Å². The first-order valence-corrected chi connectivity index (χ1v) is 7.27. The predicted molar refractivity (Wildman–Crippen MR) is 78.9 cm³/mol. The van der Waals surface area contributed by atoms with Crippen molar-refractivity contribution in [2.45, 2.75) is 32.2 Å². The highest BCUT2D eigenvalue weighted by atomic mass is 16.5. The molecule has 110 valence electrons. The van der Waals surface area contributed by atoms with E-state index in [2.05, 4.69) is 22.5 Å². The Morgan fingerprint density at radius 2 is 2.20 bits per heavy atom. The molecule has 2 N–H and O–H groups in total. The molecule has 2 rings (SSSR count). The average Bonchev–Trinajstić information content (AvgIpc) is 2.53. The van der Waals surface area contributed by atoms with Crippen LogP contribution in [0.1, 0.15) is 36.5 Å². The molecule has 5 nitrogen and oxygen atoms in total. The highest BCUT2D eigenvalue weighted by Gasteiger charge is 2.24. The number of aromatic nitrogens is 1. The molecule has 0 unspecified atom stereocenters. The fourth-order valence-corrected chi connectivity index (χ4v) is 2.60. The summed E-state index contributed by atoms with van der Waals surface area (Å²) in [7, 11) is 1.81. The van der Waals surface area contributed by atoms with Gasteiger partial charge in [0.15, 0.2) is 0 Å². The van der Waals surface area contributed by atoms with Gasteiger partial charge in [0, 0.05) is 32.5 Å². The van der Waals surface area contributed by atoms with Crippen molar-refractivity contribution < 1.29 is 9.53 Å². The minimum atomic E-state index is -0.0431. The topological polar surface area (TPSA) is 63.2 Å². The zero-order valence-electron chi connectivity index (χ0n) is 12.2. The molecule has 1 amide bonds. The molecular formula is C15H23N3O2. The maximum atomic E-state index is 12.3. The van der Waals surface area contributed by atoms with Crippen LogP contribution in [-0.2, 0) is 4.74 Å². The molecule has 0 spiro atoms. The van der Waals surface area contributed by atoms with Crippen molar-refractivity contribution in [2.24, 2.45) is 5.92 Å². The molecule has 20 heavy (non-hydrogen) atoms. The normalized spacial score (nSPS) is 17.5. The Morgan fingerprint density at radius 3 is 2.75 bits per heavy atom. The summed E-state index contributed by atoms with van der Waals surface area (Å²) in [5.41, 5.74) is 0.606. The van der Waals surface area contributed by atoms with Crippen molar-refractivity contribution in [1.29, 1.82) is 0 Å². The standard InChI is InChI=1S/C15H23N3O2/c1-3-13(11-6-8-20-9-7-11)18-15(19)12-4-5-14(16-2)17-10-12/h4-5,10-11,13H,3,6-9H2,1-2H3,(H,16,17)(H,18,19)/t13-/m0/s1. The van der Waals surface area contributed by atoms with E-state index in [1.807, 2.05) is 6.07 Å². The number of ether oxygens (including phenoxy) is 1. The van der Waals surface area contributed by atoms with Gasteiger partial charge in [0.25, 0.3) is 5.91 Å². The van der Waals surface area contributed by atoms with Gasteiger partial charge in [-0.3, -0.25) is 4.79 Å². The third-order valence-electron chi connectivity index (χ3n) is 3.87. The van der Waals surface area contributed by atoms with Crippen LogP contribution in [0.25, 0.3) is 0 Å². The van der Waals surface area contributed by atoms with Gasteiger partial charge in [-0.2, -0.15) is 0 Å². The molecule has 0 aromatic carbocycles. The smallest absolute Gasteiger partial charge is 0.253 e. The van der Waals surface area contributed by atoms with Gasteiger partial charge in [0.05, 0.1) is 5.56 Å². The lowest BCUT2D eigenvalue weighted by atomic mass is 9.90. The summed E-state index contributed by atoms with van der Waals surface area (Å²) in [6, 6.07) is 3.82. The summed E-state index contributed by atoms with van der Waals surface area (Å²) in [5, 5.41) is 6.08. The Kier molecular flexibility index (Phi) is 5.35. The molecular weight excluding hydrogens is 254 g/mol. The Balaban J connectivity index is 1.96. The lowest BCUT2D eigenvalue weighted by Gasteiger charge is -2.30. The number of rotatable bonds is 5. The Hall–Kier alpha value is -1.62. The van der Waals surface area contributed by atoms with Crippen LogP contribution in [0.5, 0.6) is 0 Å². The number of nitrogens with zero attached hydrogens (tertiary/aromatic N) is 1. The van der Waals surface area contributed by atoms with Gasteiger partial charge in [-0.15, -0.1) is 0 Å². The van der Waals surface area contributed by atoms with E-state index in [1.54, 1.807) is 19.3 Å². The van der Waals surface area contributed by atoms with Crippen LogP contribution in [0.3, 0.4) is 0 Å². The second kappa shape index (κ2) is 7.24. The van der Waals surface area contributed by atoms with E-state index >= 15 is 0 Å². The largest absolute Gasteiger partial charge is 0.381 e. The Labute approximate surface area is 120 Å². The van der Waals surface area contributed by atoms with Crippen LogP contribution in [-0.4, -0.2) is 37.2 Å². The first-order chi connectivity index (χ1) is 9.74. The van der Waals surface area contributed by atoms with Crippen LogP contribution in [0.4, 0.5) is 5.82 Å². The van der Waals surface area contributed by atoms with Crippen molar-refractivity contribution in [2.75, 3.05) is 25.6 Å². The molecule has 1 aliphatic heterocycles. The number of hydrogen-bond donors (Lipinski definition) is 2. The molecule has 2 heterocycles. The molecule has 5 heteroatoms. The van der Waals surface area contributed by atoms with E-state index in [9.17, 15) is 4.79 Å². The zero-order chi connectivity index (χ0) is 14.4. The highest BCUT2D eigenvalue weighted by molar-refractivity contribution is 5.94. The summed E-state index contributed by atoms with van der Waals surface area (Å²) in [5.74, 6) is 1.23. The second-order valence-corrected chi connectivity index (χ2v) is 5.12. The molecule has 1 saturated heterocycles. The number of pyridine rings is 1. The van der Waals surface area contributed by atoms with Crippen LogP contribution >= 0.6 is 0 Å². The first kappa shape index (κ1) is 14.8. The third kappa shape index (κ3) is 3.70. The van der Waals surface area contributed by atoms with Crippen LogP contribution < -0.4 is 10.6 Å². The summed E-state index contributed by atoms with van der Waals surface area (Å²) < 4.78 is 5.38. The number of nitrogens with one attached hydrogen (secondary N) is 2. The molecule has 1 aromatic rings. The van der Waals surface area contributed by atoms with Gasteiger partial charge in [-0.1, -0.05) is 6.92 Å². The maximum Gasteiger partial charge on any atom is 0.253 e. The summed E-state index contributed by atoms with van der Waals surface area (Å²) in [6.07, 6.45) is 4.60. The lowest BCUT2D eigenvalue weighted by molar-refractivity contribution is 0.0510. The average molecular weight is 277 g/mol. The van der Waals surface area contributed by atoms with Crippen molar-refractivity contribution in [3.63, 3.8) is 0 Å². The number of carbonyl (C=O) groups excluding carboxylic acids is 1. The van der Waals surface area contributed by atoms with Gasteiger partial charge in [-0.25, -0.2) is 4.98 Å².